The van der Waals surface area contributed by atoms with Crippen molar-refractivity contribution in [3.63, 3.8) is 0 Å². The highest BCUT2D eigenvalue weighted by molar-refractivity contribution is 7.99. The van der Waals surface area contributed by atoms with Gasteiger partial charge in [-0.1, -0.05) is 36.4 Å². The first kappa shape index (κ1) is 18.5. The van der Waals surface area contributed by atoms with Gasteiger partial charge in [0.25, 0.3) is 0 Å². The smallest absolute Gasteiger partial charge is 0.321 e. The molecule has 2 amide bonds. The van der Waals surface area contributed by atoms with Crippen LogP contribution >= 0.6 is 11.8 Å². The molecule has 3 rings (SSSR count). The van der Waals surface area contributed by atoms with Crippen LogP contribution < -0.4 is 14.8 Å². The maximum Gasteiger partial charge on any atom is 0.321 e. The lowest BCUT2D eigenvalue weighted by Crippen LogP contribution is -2.36. The zero-order valence-corrected chi connectivity index (χ0v) is 15.9. The summed E-state index contributed by atoms with van der Waals surface area (Å²) >= 11 is 1.91. The molecule has 1 fully saturated rings. The summed E-state index contributed by atoms with van der Waals surface area (Å²) in [7, 11) is 3.15. The molecule has 138 valence electrons. The Morgan fingerprint density at radius 2 is 1.88 bits per heavy atom. The van der Waals surface area contributed by atoms with Crippen LogP contribution in [-0.2, 0) is 0 Å². The van der Waals surface area contributed by atoms with Gasteiger partial charge < -0.3 is 19.7 Å². The number of carbonyl (C=O) groups excluding carboxylic acids is 1. The van der Waals surface area contributed by atoms with Crippen LogP contribution in [0.25, 0.3) is 0 Å². The number of methoxy groups -OCH3 is 2. The van der Waals surface area contributed by atoms with Gasteiger partial charge in [0, 0.05) is 24.1 Å². The molecule has 1 aliphatic rings. The van der Waals surface area contributed by atoms with Crippen LogP contribution in [0.15, 0.2) is 48.5 Å². The fraction of sp³-hybridized carbons (Fsp3) is 0.350. The van der Waals surface area contributed by atoms with Crippen molar-refractivity contribution in [1.82, 2.24) is 4.90 Å². The molecule has 0 saturated carbocycles. The van der Waals surface area contributed by atoms with Crippen molar-refractivity contribution in [1.29, 1.82) is 0 Å². The van der Waals surface area contributed by atoms with Gasteiger partial charge in [-0.3, -0.25) is 0 Å². The van der Waals surface area contributed by atoms with Crippen LogP contribution in [0.4, 0.5) is 10.5 Å². The summed E-state index contributed by atoms with van der Waals surface area (Å²) in [4.78, 5) is 14.6. The van der Waals surface area contributed by atoms with E-state index in [9.17, 15) is 4.79 Å². The average Bonchev–Trinajstić information content (AvgIpc) is 2.94. The van der Waals surface area contributed by atoms with Crippen LogP contribution in [0.2, 0.25) is 0 Å². The number of anilines is 1. The largest absolute Gasteiger partial charge is 0.493 e. The second kappa shape index (κ2) is 8.85. The molecule has 26 heavy (non-hydrogen) atoms. The molecule has 0 bridgehead atoms. The van der Waals surface area contributed by atoms with E-state index in [1.165, 1.54) is 5.56 Å². The van der Waals surface area contributed by atoms with E-state index in [0.29, 0.717) is 22.4 Å². The third-order valence-corrected chi connectivity index (χ3v) is 5.77. The standard InChI is InChI=1S/C20H24N2O3S/c1-24-17-10-6-9-16(19(17)25-2)21-20(23)22-12-11-18(26-14-13-22)15-7-4-3-5-8-15/h3-10,18H,11-14H2,1-2H3,(H,21,23). The van der Waals surface area contributed by atoms with Crippen LogP contribution in [0, 0.1) is 0 Å². The number of benzene rings is 2. The van der Waals surface area contributed by atoms with Gasteiger partial charge in [0.2, 0.25) is 0 Å². The van der Waals surface area contributed by atoms with Crippen molar-refractivity contribution >= 4 is 23.5 Å². The van der Waals surface area contributed by atoms with Crippen LogP contribution in [0.1, 0.15) is 17.2 Å². The Hall–Kier alpha value is -2.34. The SMILES string of the molecule is COc1cccc(NC(=O)N2CCSC(c3ccccc3)CC2)c1OC. The molecular formula is C20H24N2O3S. The predicted molar refractivity (Wildman–Crippen MR) is 106 cm³/mol. The van der Waals surface area contributed by atoms with Gasteiger partial charge in [0.1, 0.15) is 0 Å². The number of para-hydroxylation sites is 1. The Kier molecular flexibility index (Phi) is 6.28. The summed E-state index contributed by atoms with van der Waals surface area (Å²) in [5.74, 6) is 2.05. The minimum absolute atomic E-state index is 0.106. The molecule has 1 unspecified atom stereocenters. The van der Waals surface area contributed by atoms with Gasteiger partial charge in [-0.15, -0.1) is 0 Å². The Bertz CT molecular complexity index is 739. The molecule has 0 radical (unpaired) electrons. The van der Waals surface area contributed by atoms with Crippen molar-refractivity contribution in [2.45, 2.75) is 11.7 Å². The molecular weight excluding hydrogens is 348 g/mol. The number of nitrogens with one attached hydrogen (secondary N) is 1. The minimum atomic E-state index is -0.106. The van der Waals surface area contributed by atoms with Gasteiger partial charge in [-0.05, 0) is 24.1 Å². The Balaban J connectivity index is 1.66. The first-order valence-corrected chi connectivity index (χ1v) is 9.71. The number of ether oxygens (including phenoxy) is 2. The van der Waals surface area contributed by atoms with Crippen molar-refractivity contribution < 1.29 is 14.3 Å². The van der Waals surface area contributed by atoms with Crippen LogP contribution in [-0.4, -0.2) is 44.0 Å². The molecule has 1 saturated heterocycles. The summed E-state index contributed by atoms with van der Waals surface area (Å²) in [6.45, 7) is 1.46. The summed E-state index contributed by atoms with van der Waals surface area (Å²) < 4.78 is 10.7. The van der Waals surface area contributed by atoms with Gasteiger partial charge >= 0.3 is 6.03 Å². The van der Waals surface area contributed by atoms with E-state index in [0.717, 1.165) is 25.3 Å². The van der Waals surface area contributed by atoms with Crippen LogP contribution in [0.3, 0.4) is 0 Å². The van der Waals surface area contributed by atoms with Gasteiger partial charge in [-0.25, -0.2) is 4.79 Å². The Morgan fingerprint density at radius 3 is 2.62 bits per heavy atom. The number of urea groups is 1. The third kappa shape index (κ3) is 4.25. The first-order chi connectivity index (χ1) is 12.7. The molecule has 0 aromatic heterocycles. The monoisotopic (exact) mass is 372 g/mol. The topological polar surface area (TPSA) is 50.8 Å². The molecule has 1 atom stereocenters. The number of hydrogen-bond donors (Lipinski definition) is 1. The molecule has 0 spiro atoms. The Morgan fingerprint density at radius 1 is 1.08 bits per heavy atom. The number of rotatable bonds is 4. The Labute approximate surface area is 158 Å². The molecule has 1 N–H and O–H groups in total. The lowest BCUT2D eigenvalue weighted by molar-refractivity contribution is 0.215. The zero-order valence-electron chi connectivity index (χ0n) is 15.1. The number of carbonyl (C=O) groups is 1. The molecule has 6 heteroatoms. The number of nitrogens with zero attached hydrogens (tertiary/aromatic N) is 1. The minimum Gasteiger partial charge on any atom is -0.493 e. The lowest BCUT2D eigenvalue weighted by Gasteiger charge is -2.22. The number of amides is 2. The van der Waals surface area contributed by atoms with Gasteiger partial charge in [0.05, 0.1) is 19.9 Å². The lowest BCUT2D eigenvalue weighted by atomic mass is 10.1. The van der Waals surface area contributed by atoms with E-state index in [2.05, 4.69) is 29.6 Å². The fourth-order valence-corrected chi connectivity index (χ4v) is 4.32. The van der Waals surface area contributed by atoms with Gasteiger partial charge in [0.15, 0.2) is 11.5 Å². The van der Waals surface area contributed by atoms with Crippen molar-refractivity contribution in [2.24, 2.45) is 0 Å². The van der Waals surface area contributed by atoms with E-state index in [1.807, 2.05) is 40.9 Å². The third-order valence-electron chi connectivity index (χ3n) is 4.44. The van der Waals surface area contributed by atoms with Crippen LogP contribution in [0.5, 0.6) is 11.5 Å². The highest BCUT2D eigenvalue weighted by atomic mass is 32.2. The number of hydrogen-bond acceptors (Lipinski definition) is 4. The van der Waals surface area contributed by atoms with Crippen molar-refractivity contribution in [3.05, 3.63) is 54.1 Å². The quantitative estimate of drug-likeness (QED) is 0.863. The maximum atomic E-state index is 12.7. The van der Waals surface area contributed by atoms with E-state index >= 15 is 0 Å². The van der Waals surface area contributed by atoms with E-state index < -0.39 is 0 Å². The molecule has 1 aliphatic heterocycles. The normalized spacial score (nSPS) is 17.3. The zero-order chi connectivity index (χ0) is 18.4. The summed E-state index contributed by atoms with van der Waals surface area (Å²) in [6, 6.07) is 15.8. The molecule has 0 aliphatic carbocycles. The maximum absolute atomic E-state index is 12.7. The summed E-state index contributed by atoms with van der Waals surface area (Å²) in [6.07, 6.45) is 0.942. The fourth-order valence-electron chi connectivity index (χ4n) is 3.09. The highest BCUT2D eigenvalue weighted by Crippen LogP contribution is 2.36. The van der Waals surface area contributed by atoms with E-state index in [-0.39, 0.29) is 6.03 Å². The van der Waals surface area contributed by atoms with Crippen molar-refractivity contribution in [2.75, 3.05) is 38.4 Å². The molecule has 1 heterocycles. The number of thioether (sulfide) groups is 1. The highest BCUT2D eigenvalue weighted by Gasteiger charge is 2.23. The second-order valence-electron chi connectivity index (χ2n) is 6.02. The van der Waals surface area contributed by atoms with Gasteiger partial charge in [-0.2, -0.15) is 11.8 Å². The average molecular weight is 372 g/mol. The van der Waals surface area contributed by atoms with E-state index in [4.69, 9.17) is 9.47 Å². The summed E-state index contributed by atoms with van der Waals surface area (Å²) in [5, 5.41) is 3.39. The molecule has 5 nitrogen and oxygen atoms in total. The predicted octanol–water partition coefficient (Wildman–Crippen LogP) is 4.42. The summed E-state index contributed by atoms with van der Waals surface area (Å²) in [5.41, 5.74) is 1.95. The van der Waals surface area contributed by atoms with E-state index in [1.54, 1.807) is 14.2 Å². The molecule has 2 aromatic carbocycles. The molecule has 2 aromatic rings. The first-order valence-electron chi connectivity index (χ1n) is 8.66. The van der Waals surface area contributed by atoms with Crippen molar-refractivity contribution in [3.8, 4) is 11.5 Å². The second-order valence-corrected chi connectivity index (χ2v) is 7.33.